The van der Waals surface area contributed by atoms with Crippen LogP contribution in [0.25, 0.3) is 11.1 Å². The maximum Gasteiger partial charge on any atom is 0.137 e. The number of nitrogens with zero attached hydrogens (tertiary/aromatic N) is 2. The van der Waals surface area contributed by atoms with Gasteiger partial charge in [-0.3, -0.25) is 4.98 Å². The predicted octanol–water partition coefficient (Wildman–Crippen LogP) is 3.11. The molecule has 0 saturated heterocycles. The highest BCUT2D eigenvalue weighted by molar-refractivity contribution is 6.32. The maximum absolute atomic E-state index is 6.03. The molecule has 2 aromatic rings. The second-order valence-electron chi connectivity index (χ2n) is 3.03. The van der Waals surface area contributed by atoms with Gasteiger partial charge >= 0.3 is 0 Å². The van der Waals surface area contributed by atoms with E-state index < -0.39 is 0 Å². The minimum atomic E-state index is 0.526. The first kappa shape index (κ1) is 9.16. The molecule has 0 fully saturated rings. The smallest absolute Gasteiger partial charge is 0.137 e. The van der Waals surface area contributed by atoms with Crippen molar-refractivity contribution in [3.8, 4) is 11.1 Å². The summed E-state index contributed by atoms with van der Waals surface area (Å²) in [6.45, 7) is 1.92. The molecule has 0 saturated carbocycles. The van der Waals surface area contributed by atoms with Crippen LogP contribution in [0.4, 0.5) is 0 Å². The third kappa shape index (κ3) is 1.75. The molecule has 2 heterocycles. The lowest BCUT2D eigenvalue weighted by Gasteiger charge is -2.03. The topological polar surface area (TPSA) is 25.8 Å². The number of hydrogen-bond acceptors (Lipinski definition) is 2. The van der Waals surface area contributed by atoms with E-state index in [0.29, 0.717) is 5.15 Å². The third-order valence-corrected chi connectivity index (χ3v) is 2.25. The van der Waals surface area contributed by atoms with E-state index in [0.717, 1.165) is 16.8 Å². The second-order valence-corrected chi connectivity index (χ2v) is 3.39. The van der Waals surface area contributed by atoms with E-state index in [2.05, 4.69) is 9.97 Å². The van der Waals surface area contributed by atoms with E-state index in [-0.39, 0.29) is 0 Å². The summed E-state index contributed by atoms with van der Waals surface area (Å²) in [6.07, 6.45) is 3.51. The molecule has 3 heteroatoms. The summed E-state index contributed by atoms with van der Waals surface area (Å²) < 4.78 is 0. The highest BCUT2D eigenvalue weighted by atomic mass is 35.5. The maximum atomic E-state index is 6.03. The van der Waals surface area contributed by atoms with Gasteiger partial charge in [-0.2, -0.15) is 0 Å². The lowest BCUT2D eigenvalue weighted by molar-refractivity contribution is 1.20. The molecule has 0 aromatic carbocycles. The van der Waals surface area contributed by atoms with Crippen LogP contribution >= 0.6 is 11.6 Å². The summed E-state index contributed by atoms with van der Waals surface area (Å²) in [5, 5.41) is 0.526. The molecule has 0 atom stereocenters. The first-order valence-corrected chi connectivity index (χ1v) is 4.69. The van der Waals surface area contributed by atoms with Gasteiger partial charge in [-0.15, -0.1) is 0 Å². The quantitative estimate of drug-likeness (QED) is 0.667. The van der Waals surface area contributed by atoms with Crippen LogP contribution in [0.5, 0.6) is 0 Å². The second kappa shape index (κ2) is 3.76. The highest BCUT2D eigenvalue weighted by Crippen LogP contribution is 2.25. The SMILES string of the molecule is Cc1ccc(-c2cccnc2)c(Cl)n1. The van der Waals surface area contributed by atoms with Crippen molar-refractivity contribution < 1.29 is 0 Å². The summed E-state index contributed by atoms with van der Waals surface area (Å²) in [5.74, 6) is 0. The van der Waals surface area contributed by atoms with Crippen molar-refractivity contribution in [2.45, 2.75) is 6.92 Å². The van der Waals surface area contributed by atoms with Crippen molar-refractivity contribution in [2.75, 3.05) is 0 Å². The fraction of sp³-hybridized carbons (Fsp3) is 0.0909. The van der Waals surface area contributed by atoms with Gasteiger partial charge in [0, 0.05) is 29.2 Å². The molecule has 0 amide bonds. The number of aryl methyl sites for hydroxylation is 1. The normalized spacial score (nSPS) is 10.1. The van der Waals surface area contributed by atoms with Crippen LogP contribution in [-0.2, 0) is 0 Å². The molecular weight excluding hydrogens is 196 g/mol. The van der Waals surface area contributed by atoms with Crippen molar-refractivity contribution in [3.63, 3.8) is 0 Å². The van der Waals surface area contributed by atoms with Gasteiger partial charge in [0.25, 0.3) is 0 Å². The number of rotatable bonds is 1. The lowest BCUT2D eigenvalue weighted by Crippen LogP contribution is -1.86. The molecule has 0 aliphatic carbocycles. The molecule has 14 heavy (non-hydrogen) atoms. The predicted molar refractivity (Wildman–Crippen MR) is 57.2 cm³/mol. The zero-order chi connectivity index (χ0) is 9.97. The zero-order valence-corrected chi connectivity index (χ0v) is 8.49. The Kier molecular flexibility index (Phi) is 2.46. The first-order valence-electron chi connectivity index (χ1n) is 4.31. The van der Waals surface area contributed by atoms with Crippen molar-refractivity contribution in [2.24, 2.45) is 0 Å². The van der Waals surface area contributed by atoms with Gasteiger partial charge in [0.1, 0.15) is 5.15 Å². The monoisotopic (exact) mass is 204 g/mol. The summed E-state index contributed by atoms with van der Waals surface area (Å²) >= 11 is 6.03. The largest absolute Gasteiger partial charge is 0.264 e. The molecule has 2 aromatic heterocycles. The van der Waals surface area contributed by atoms with Crippen LogP contribution in [0.3, 0.4) is 0 Å². The molecule has 0 radical (unpaired) electrons. The average molecular weight is 205 g/mol. The molecule has 0 aliphatic heterocycles. The summed E-state index contributed by atoms with van der Waals surface area (Å²) in [4.78, 5) is 8.23. The minimum Gasteiger partial charge on any atom is -0.264 e. The number of pyridine rings is 2. The van der Waals surface area contributed by atoms with Gasteiger partial charge in [-0.25, -0.2) is 4.98 Å². The van der Waals surface area contributed by atoms with Crippen LogP contribution in [0.15, 0.2) is 36.7 Å². The highest BCUT2D eigenvalue weighted by Gasteiger charge is 2.03. The average Bonchev–Trinajstić information content (AvgIpc) is 2.19. The van der Waals surface area contributed by atoms with E-state index in [1.54, 1.807) is 12.4 Å². The Labute approximate surface area is 87.6 Å². The Morgan fingerprint density at radius 2 is 2.07 bits per heavy atom. The number of hydrogen-bond donors (Lipinski definition) is 0. The molecule has 0 spiro atoms. The Bertz CT molecular complexity index is 440. The third-order valence-electron chi connectivity index (χ3n) is 1.96. The molecule has 2 nitrogen and oxygen atoms in total. The van der Waals surface area contributed by atoms with E-state index in [9.17, 15) is 0 Å². The fourth-order valence-electron chi connectivity index (χ4n) is 1.26. The van der Waals surface area contributed by atoms with Crippen LogP contribution < -0.4 is 0 Å². The molecule has 0 bridgehead atoms. The van der Waals surface area contributed by atoms with Gasteiger partial charge < -0.3 is 0 Å². The van der Waals surface area contributed by atoms with Crippen molar-refractivity contribution >= 4 is 11.6 Å². The van der Waals surface area contributed by atoms with E-state index >= 15 is 0 Å². The summed E-state index contributed by atoms with van der Waals surface area (Å²) in [7, 11) is 0. The van der Waals surface area contributed by atoms with Gasteiger partial charge in [-0.05, 0) is 25.1 Å². The fourth-order valence-corrected chi connectivity index (χ4v) is 1.57. The van der Waals surface area contributed by atoms with E-state index in [4.69, 9.17) is 11.6 Å². The van der Waals surface area contributed by atoms with Crippen molar-refractivity contribution in [3.05, 3.63) is 47.5 Å². The van der Waals surface area contributed by atoms with Crippen molar-refractivity contribution in [1.29, 1.82) is 0 Å². The number of aromatic nitrogens is 2. The molecule has 0 unspecified atom stereocenters. The Morgan fingerprint density at radius 3 is 2.71 bits per heavy atom. The summed E-state index contributed by atoms with van der Waals surface area (Å²) in [6, 6.07) is 7.74. The number of halogens is 1. The van der Waals surface area contributed by atoms with Crippen LogP contribution in [-0.4, -0.2) is 9.97 Å². The van der Waals surface area contributed by atoms with Crippen LogP contribution in [0.2, 0.25) is 5.15 Å². The van der Waals surface area contributed by atoms with Gasteiger partial charge in [-0.1, -0.05) is 17.7 Å². The molecule has 0 aliphatic rings. The zero-order valence-electron chi connectivity index (χ0n) is 7.74. The Morgan fingerprint density at radius 1 is 1.21 bits per heavy atom. The van der Waals surface area contributed by atoms with E-state index in [1.807, 2.05) is 31.2 Å². The molecule has 2 rings (SSSR count). The van der Waals surface area contributed by atoms with Gasteiger partial charge in [0.2, 0.25) is 0 Å². The van der Waals surface area contributed by atoms with Crippen molar-refractivity contribution in [1.82, 2.24) is 9.97 Å². The van der Waals surface area contributed by atoms with Crippen LogP contribution in [0, 0.1) is 6.92 Å². The summed E-state index contributed by atoms with van der Waals surface area (Å²) in [5.41, 5.74) is 2.83. The minimum absolute atomic E-state index is 0.526. The Balaban J connectivity index is 2.53. The Hall–Kier alpha value is -1.41. The first-order chi connectivity index (χ1) is 6.77. The van der Waals surface area contributed by atoms with Crippen LogP contribution in [0.1, 0.15) is 5.69 Å². The molecule has 0 N–H and O–H groups in total. The van der Waals surface area contributed by atoms with Gasteiger partial charge in [0.15, 0.2) is 0 Å². The van der Waals surface area contributed by atoms with Gasteiger partial charge in [0.05, 0.1) is 0 Å². The van der Waals surface area contributed by atoms with E-state index in [1.165, 1.54) is 0 Å². The lowest BCUT2D eigenvalue weighted by atomic mass is 10.1. The molecular formula is C11H9ClN2. The standard InChI is InChI=1S/C11H9ClN2/c1-8-4-5-10(11(12)14-8)9-3-2-6-13-7-9/h2-7H,1H3. The molecule has 70 valence electrons.